The van der Waals surface area contributed by atoms with Gasteiger partial charge in [0.25, 0.3) is 0 Å². The van der Waals surface area contributed by atoms with E-state index in [1.54, 1.807) is 0 Å². The summed E-state index contributed by atoms with van der Waals surface area (Å²) in [7, 11) is 0. The van der Waals surface area contributed by atoms with Gasteiger partial charge in [0.05, 0.1) is 0 Å². The van der Waals surface area contributed by atoms with Gasteiger partial charge in [-0.25, -0.2) is 4.98 Å². The molecule has 0 unspecified atom stereocenters. The highest BCUT2D eigenvalue weighted by Crippen LogP contribution is 2.19. The van der Waals surface area contributed by atoms with Gasteiger partial charge in [-0.1, -0.05) is 12.1 Å². The van der Waals surface area contributed by atoms with Crippen molar-refractivity contribution in [3.8, 4) is 0 Å². The number of hydrogen-bond donors (Lipinski definition) is 2. The van der Waals surface area contributed by atoms with Gasteiger partial charge in [0.1, 0.15) is 0 Å². The number of benzene rings is 1. The summed E-state index contributed by atoms with van der Waals surface area (Å²) in [6.45, 7) is 0. The summed E-state index contributed by atoms with van der Waals surface area (Å²) in [6, 6.07) is 7.85. The van der Waals surface area contributed by atoms with Crippen LogP contribution in [0.15, 0.2) is 30.5 Å². The molecule has 1 aromatic carbocycles. The molecule has 2 aromatic rings. The lowest BCUT2D eigenvalue weighted by Crippen LogP contribution is -1.88. The summed E-state index contributed by atoms with van der Waals surface area (Å²) in [4.78, 5) is 5.16. The maximum absolute atomic E-state index is 5.68. The summed E-state index contributed by atoms with van der Waals surface area (Å²) in [5.41, 5.74) is 13.2. The fourth-order valence-electron chi connectivity index (χ4n) is 1.31. The number of rotatable bonds is 2. The molecule has 4 heteroatoms. The zero-order valence-electron chi connectivity index (χ0n) is 7.60. The average Bonchev–Trinajstić information content (AvgIpc) is 2.51. The second kappa shape index (κ2) is 3.67. The first-order chi connectivity index (χ1) is 6.74. The first-order valence-corrected chi connectivity index (χ1v) is 5.10. The van der Waals surface area contributed by atoms with Crippen LogP contribution in [-0.4, -0.2) is 4.98 Å². The molecule has 0 spiro atoms. The van der Waals surface area contributed by atoms with Gasteiger partial charge in [0.2, 0.25) is 0 Å². The number of nitrogens with zero attached hydrogens (tertiary/aromatic N) is 1. The van der Waals surface area contributed by atoms with E-state index in [9.17, 15) is 0 Å². The van der Waals surface area contributed by atoms with Crippen LogP contribution in [0.25, 0.3) is 0 Å². The lowest BCUT2D eigenvalue weighted by atomic mass is 10.1. The zero-order valence-corrected chi connectivity index (χ0v) is 8.42. The third-order valence-electron chi connectivity index (χ3n) is 1.90. The van der Waals surface area contributed by atoms with Gasteiger partial charge in [-0.3, -0.25) is 0 Å². The molecule has 0 amide bonds. The molecule has 4 N–H and O–H groups in total. The maximum Gasteiger partial charge on any atom is 0.180 e. The van der Waals surface area contributed by atoms with Crippen LogP contribution >= 0.6 is 11.3 Å². The normalized spacial score (nSPS) is 10.3. The van der Waals surface area contributed by atoms with Crippen LogP contribution in [-0.2, 0) is 6.42 Å². The van der Waals surface area contributed by atoms with Crippen LogP contribution in [0.1, 0.15) is 10.4 Å². The molecule has 0 aliphatic rings. The minimum Gasteiger partial charge on any atom is -0.399 e. The number of nitrogen functional groups attached to an aromatic ring is 2. The third kappa shape index (κ3) is 2.03. The number of thiazole rings is 1. The number of nitrogens with two attached hydrogens (primary N) is 2. The van der Waals surface area contributed by atoms with Gasteiger partial charge in [-0.15, -0.1) is 11.3 Å². The molecule has 0 aliphatic carbocycles. The molecule has 1 heterocycles. The van der Waals surface area contributed by atoms with Gasteiger partial charge < -0.3 is 11.5 Å². The Hall–Kier alpha value is -1.55. The number of anilines is 2. The van der Waals surface area contributed by atoms with Crippen molar-refractivity contribution >= 4 is 22.2 Å². The van der Waals surface area contributed by atoms with E-state index in [2.05, 4.69) is 4.98 Å². The van der Waals surface area contributed by atoms with Gasteiger partial charge in [-0.05, 0) is 17.7 Å². The fraction of sp³-hybridized carbons (Fsp3) is 0.100. The molecule has 3 nitrogen and oxygen atoms in total. The fourth-order valence-corrected chi connectivity index (χ4v) is 2.03. The molecule has 14 heavy (non-hydrogen) atoms. The van der Waals surface area contributed by atoms with Gasteiger partial charge in [0, 0.05) is 23.2 Å². The largest absolute Gasteiger partial charge is 0.399 e. The summed E-state index contributed by atoms with van der Waals surface area (Å²) >= 11 is 1.51. The van der Waals surface area contributed by atoms with Crippen molar-refractivity contribution in [2.45, 2.75) is 6.42 Å². The molecule has 0 atom stereocenters. The van der Waals surface area contributed by atoms with E-state index in [4.69, 9.17) is 11.5 Å². The van der Waals surface area contributed by atoms with Gasteiger partial charge in [0.15, 0.2) is 5.13 Å². The quantitative estimate of drug-likeness (QED) is 0.736. The second-order valence-electron chi connectivity index (χ2n) is 3.09. The lowest BCUT2D eigenvalue weighted by molar-refractivity contribution is 1.22. The topological polar surface area (TPSA) is 64.9 Å². The highest BCUT2D eigenvalue weighted by Gasteiger charge is 2.00. The molecular weight excluding hydrogens is 194 g/mol. The number of hydrogen-bond acceptors (Lipinski definition) is 4. The van der Waals surface area contributed by atoms with Crippen molar-refractivity contribution < 1.29 is 0 Å². The Bertz CT molecular complexity index is 436. The summed E-state index contributed by atoms with van der Waals surface area (Å²) < 4.78 is 0. The van der Waals surface area contributed by atoms with Gasteiger partial charge in [-0.2, -0.15) is 0 Å². The highest BCUT2D eigenvalue weighted by molar-refractivity contribution is 7.15. The van der Waals surface area contributed by atoms with Crippen molar-refractivity contribution in [3.05, 3.63) is 40.9 Å². The maximum atomic E-state index is 5.68. The summed E-state index contributed by atoms with van der Waals surface area (Å²) in [5.74, 6) is 0. The van der Waals surface area contributed by atoms with Crippen molar-refractivity contribution in [1.29, 1.82) is 0 Å². The monoisotopic (exact) mass is 205 g/mol. The van der Waals surface area contributed by atoms with E-state index in [-0.39, 0.29) is 0 Å². The Morgan fingerprint density at radius 2 is 2.14 bits per heavy atom. The molecule has 0 bridgehead atoms. The summed E-state index contributed by atoms with van der Waals surface area (Å²) in [6.07, 6.45) is 2.66. The summed E-state index contributed by atoms with van der Waals surface area (Å²) in [5, 5.41) is 0.615. The third-order valence-corrected chi connectivity index (χ3v) is 2.73. The first-order valence-electron chi connectivity index (χ1n) is 4.28. The Kier molecular flexibility index (Phi) is 2.37. The van der Waals surface area contributed by atoms with Crippen LogP contribution in [0.4, 0.5) is 10.8 Å². The minimum atomic E-state index is 0.615. The van der Waals surface area contributed by atoms with Crippen molar-refractivity contribution in [2.75, 3.05) is 11.5 Å². The van der Waals surface area contributed by atoms with E-state index in [1.165, 1.54) is 16.9 Å². The zero-order chi connectivity index (χ0) is 9.97. The van der Waals surface area contributed by atoms with E-state index >= 15 is 0 Å². The highest BCUT2D eigenvalue weighted by atomic mass is 32.1. The SMILES string of the molecule is Nc1cccc(Cc2cnc(N)s2)c1. The predicted octanol–water partition coefficient (Wildman–Crippen LogP) is 1.90. The molecule has 1 aromatic heterocycles. The van der Waals surface area contributed by atoms with Gasteiger partial charge >= 0.3 is 0 Å². The molecule has 0 aliphatic heterocycles. The predicted molar refractivity (Wildman–Crippen MR) is 60.2 cm³/mol. The van der Waals surface area contributed by atoms with Crippen LogP contribution in [0.3, 0.4) is 0 Å². The average molecular weight is 205 g/mol. The standard InChI is InChI=1S/C10H11N3S/c11-8-3-1-2-7(4-8)5-9-6-13-10(12)14-9/h1-4,6H,5,11H2,(H2,12,13). The molecule has 0 saturated carbocycles. The molecule has 0 saturated heterocycles. The van der Waals surface area contributed by atoms with E-state index in [1.807, 2.05) is 30.5 Å². The van der Waals surface area contributed by atoms with Crippen LogP contribution in [0.5, 0.6) is 0 Å². The minimum absolute atomic E-state index is 0.615. The Morgan fingerprint density at radius 3 is 2.79 bits per heavy atom. The van der Waals surface area contributed by atoms with Crippen LogP contribution in [0.2, 0.25) is 0 Å². The molecule has 0 fully saturated rings. The van der Waals surface area contributed by atoms with Crippen molar-refractivity contribution in [3.63, 3.8) is 0 Å². The smallest absolute Gasteiger partial charge is 0.180 e. The number of aromatic nitrogens is 1. The van der Waals surface area contributed by atoms with E-state index in [0.29, 0.717) is 5.13 Å². The van der Waals surface area contributed by atoms with Crippen LogP contribution < -0.4 is 11.5 Å². The van der Waals surface area contributed by atoms with E-state index < -0.39 is 0 Å². The Balaban J connectivity index is 2.18. The lowest BCUT2D eigenvalue weighted by Gasteiger charge is -1.99. The van der Waals surface area contributed by atoms with Crippen molar-refractivity contribution in [2.24, 2.45) is 0 Å². The molecule has 72 valence electrons. The Morgan fingerprint density at radius 1 is 1.29 bits per heavy atom. The van der Waals surface area contributed by atoms with Crippen molar-refractivity contribution in [1.82, 2.24) is 4.98 Å². The molecule has 0 radical (unpaired) electrons. The molecule has 2 rings (SSSR count). The Labute approximate surface area is 86.4 Å². The molecular formula is C10H11N3S. The van der Waals surface area contributed by atoms with Crippen LogP contribution in [0, 0.1) is 0 Å². The van der Waals surface area contributed by atoms with E-state index in [0.717, 1.165) is 17.0 Å². The first kappa shape index (κ1) is 9.02. The second-order valence-corrected chi connectivity index (χ2v) is 4.23.